The van der Waals surface area contributed by atoms with Crippen LogP contribution in [0.4, 0.5) is 0 Å². The van der Waals surface area contributed by atoms with Crippen LogP contribution in [-0.4, -0.2) is 52.4 Å². The maximum absolute atomic E-state index is 12.2. The molecule has 1 heterocycles. The lowest BCUT2D eigenvalue weighted by Gasteiger charge is -2.14. The van der Waals surface area contributed by atoms with Crippen LogP contribution in [0.2, 0.25) is 0 Å². The molecule has 0 bridgehead atoms. The summed E-state index contributed by atoms with van der Waals surface area (Å²) in [4.78, 5) is 24.2. The quantitative estimate of drug-likeness (QED) is 0.842. The van der Waals surface area contributed by atoms with Crippen LogP contribution in [-0.2, 0) is 4.79 Å². The maximum Gasteiger partial charge on any atom is 0.303 e. The second kappa shape index (κ2) is 7.44. The fourth-order valence-corrected chi connectivity index (χ4v) is 2.08. The van der Waals surface area contributed by atoms with Crippen LogP contribution in [0, 0.1) is 0 Å². The van der Waals surface area contributed by atoms with Crippen LogP contribution in [0.1, 0.15) is 23.3 Å². The Hall–Kier alpha value is -2.83. The maximum atomic E-state index is 12.2. The first kappa shape index (κ1) is 16.5. The van der Waals surface area contributed by atoms with Gasteiger partial charge in [-0.3, -0.25) is 9.59 Å². The smallest absolute Gasteiger partial charge is 0.303 e. The first-order valence-corrected chi connectivity index (χ1v) is 7.18. The molecule has 2 rings (SSSR count). The van der Waals surface area contributed by atoms with Crippen molar-refractivity contribution in [3.05, 3.63) is 42.2 Å². The summed E-state index contributed by atoms with van der Waals surface area (Å²) in [6.07, 6.45) is 2.16. The summed E-state index contributed by atoms with van der Waals surface area (Å²) < 4.78 is 6.71. The molecule has 0 saturated carbocycles. The summed E-state index contributed by atoms with van der Waals surface area (Å²) in [6, 6.07) is 8.96. The van der Waals surface area contributed by atoms with Gasteiger partial charge in [-0.2, -0.15) is 5.10 Å². The average molecular weight is 317 g/mol. The molecule has 0 spiro atoms. The number of benzene rings is 1. The minimum atomic E-state index is -0.866. The number of carboxylic acid groups (broad SMARTS) is 1. The normalized spacial score (nSPS) is 10.3. The van der Waals surface area contributed by atoms with E-state index in [0.29, 0.717) is 18.7 Å². The Morgan fingerprint density at radius 2 is 1.96 bits per heavy atom. The van der Waals surface area contributed by atoms with Gasteiger partial charge in [0, 0.05) is 26.2 Å². The molecule has 2 aromatic rings. The highest BCUT2D eigenvalue weighted by Crippen LogP contribution is 2.15. The number of ether oxygens (including phenoxy) is 1. The van der Waals surface area contributed by atoms with Crippen molar-refractivity contribution in [2.75, 3.05) is 20.7 Å². The summed E-state index contributed by atoms with van der Waals surface area (Å²) in [5, 5.41) is 12.9. The van der Waals surface area contributed by atoms with E-state index in [0.717, 1.165) is 11.4 Å². The van der Waals surface area contributed by atoms with E-state index in [-0.39, 0.29) is 12.3 Å². The first-order chi connectivity index (χ1) is 11.0. The second-order valence-corrected chi connectivity index (χ2v) is 5.07. The Balaban J connectivity index is 2.02. The molecule has 0 saturated heterocycles. The fraction of sp³-hybridized carbons (Fsp3) is 0.312. The van der Waals surface area contributed by atoms with E-state index in [1.165, 1.54) is 4.90 Å². The number of carbonyl (C=O) groups excluding carboxylic acids is 1. The Bertz CT molecular complexity index is 679. The van der Waals surface area contributed by atoms with Crippen molar-refractivity contribution < 1.29 is 19.4 Å². The molecule has 1 aromatic carbocycles. The highest BCUT2D eigenvalue weighted by molar-refractivity contribution is 5.92. The largest absolute Gasteiger partial charge is 0.497 e. The van der Waals surface area contributed by atoms with Crippen molar-refractivity contribution >= 4 is 11.9 Å². The van der Waals surface area contributed by atoms with E-state index in [2.05, 4.69) is 5.10 Å². The third-order valence-electron chi connectivity index (χ3n) is 3.38. The molecular weight excluding hydrogens is 298 g/mol. The van der Waals surface area contributed by atoms with Gasteiger partial charge >= 0.3 is 5.97 Å². The highest BCUT2D eigenvalue weighted by Gasteiger charge is 2.15. The minimum absolute atomic E-state index is 0.0396. The summed E-state index contributed by atoms with van der Waals surface area (Å²) in [5.74, 6) is -0.354. The van der Waals surface area contributed by atoms with Gasteiger partial charge in [-0.25, -0.2) is 4.68 Å². The summed E-state index contributed by atoms with van der Waals surface area (Å²) in [5.41, 5.74) is 1.14. The molecule has 1 amide bonds. The first-order valence-electron chi connectivity index (χ1n) is 7.18. The van der Waals surface area contributed by atoms with Crippen LogP contribution in [0.5, 0.6) is 5.75 Å². The number of methoxy groups -OCH3 is 1. The van der Waals surface area contributed by atoms with Gasteiger partial charge in [0.15, 0.2) is 5.69 Å². The average Bonchev–Trinajstić information content (AvgIpc) is 3.03. The minimum Gasteiger partial charge on any atom is -0.497 e. The zero-order valence-corrected chi connectivity index (χ0v) is 13.1. The van der Waals surface area contributed by atoms with Crippen LogP contribution in [0.3, 0.4) is 0 Å². The van der Waals surface area contributed by atoms with Crippen molar-refractivity contribution in [3.63, 3.8) is 0 Å². The van der Waals surface area contributed by atoms with Crippen molar-refractivity contribution in [3.8, 4) is 11.4 Å². The molecule has 1 N–H and O–H groups in total. The van der Waals surface area contributed by atoms with Crippen LogP contribution in [0.25, 0.3) is 5.69 Å². The lowest BCUT2D eigenvalue weighted by molar-refractivity contribution is -0.137. The molecule has 0 aliphatic rings. The van der Waals surface area contributed by atoms with E-state index in [1.54, 1.807) is 31.1 Å². The monoisotopic (exact) mass is 317 g/mol. The molecule has 0 aliphatic heterocycles. The summed E-state index contributed by atoms with van der Waals surface area (Å²) >= 11 is 0. The van der Waals surface area contributed by atoms with Crippen molar-refractivity contribution in [1.29, 1.82) is 0 Å². The molecule has 7 heteroatoms. The highest BCUT2D eigenvalue weighted by atomic mass is 16.5. The van der Waals surface area contributed by atoms with Crippen LogP contribution in [0.15, 0.2) is 36.5 Å². The number of amides is 1. The number of aromatic nitrogens is 2. The van der Waals surface area contributed by atoms with Gasteiger partial charge in [0.05, 0.1) is 12.8 Å². The molecular formula is C16H19N3O4. The molecule has 0 aliphatic carbocycles. The van der Waals surface area contributed by atoms with Gasteiger partial charge in [-0.15, -0.1) is 0 Å². The van der Waals surface area contributed by atoms with Crippen molar-refractivity contribution in [2.45, 2.75) is 12.8 Å². The van der Waals surface area contributed by atoms with E-state index in [9.17, 15) is 9.59 Å². The summed E-state index contributed by atoms with van der Waals surface area (Å²) in [7, 11) is 3.23. The Labute approximate surface area is 134 Å². The zero-order chi connectivity index (χ0) is 16.8. The van der Waals surface area contributed by atoms with Gasteiger partial charge in [-0.1, -0.05) is 0 Å². The van der Waals surface area contributed by atoms with Crippen LogP contribution >= 0.6 is 0 Å². The lowest BCUT2D eigenvalue weighted by atomic mass is 10.3. The van der Waals surface area contributed by atoms with Crippen LogP contribution < -0.4 is 4.74 Å². The SMILES string of the molecule is COc1ccc(-n2ccc(C(=O)N(C)CCCC(=O)O)n2)cc1. The zero-order valence-electron chi connectivity index (χ0n) is 13.1. The number of nitrogens with zero attached hydrogens (tertiary/aromatic N) is 3. The predicted molar refractivity (Wildman–Crippen MR) is 83.9 cm³/mol. The van der Waals surface area contributed by atoms with Gasteiger partial charge in [-0.05, 0) is 36.8 Å². The number of rotatable bonds is 7. The number of hydrogen-bond donors (Lipinski definition) is 1. The molecule has 1 aromatic heterocycles. The number of aliphatic carboxylic acids is 1. The van der Waals surface area contributed by atoms with E-state index in [1.807, 2.05) is 24.3 Å². The van der Waals surface area contributed by atoms with Gasteiger partial charge in [0.2, 0.25) is 0 Å². The van der Waals surface area contributed by atoms with Crippen molar-refractivity contribution in [2.24, 2.45) is 0 Å². The molecule has 0 radical (unpaired) electrons. The number of carbonyl (C=O) groups is 2. The standard InChI is InChI=1S/C16H19N3O4/c1-18(10-3-4-15(20)21)16(22)14-9-11-19(17-14)12-5-7-13(23-2)8-6-12/h5-9,11H,3-4,10H2,1-2H3,(H,20,21). The van der Waals surface area contributed by atoms with Gasteiger partial charge in [0.25, 0.3) is 5.91 Å². The Morgan fingerprint density at radius 1 is 1.26 bits per heavy atom. The molecule has 0 unspecified atom stereocenters. The third-order valence-corrected chi connectivity index (χ3v) is 3.38. The predicted octanol–water partition coefficient (Wildman–Crippen LogP) is 1.82. The van der Waals surface area contributed by atoms with Gasteiger partial charge < -0.3 is 14.7 Å². The molecule has 122 valence electrons. The third kappa shape index (κ3) is 4.32. The second-order valence-electron chi connectivity index (χ2n) is 5.07. The van der Waals surface area contributed by atoms with Crippen molar-refractivity contribution in [1.82, 2.24) is 14.7 Å². The number of hydrogen-bond acceptors (Lipinski definition) is 4. The molecule has 7 nitrogen and oxygen atoms in total. The molecule has 0 fully saturated rings. The Kier molecular flexibility index (Phi) is 5.35. The van der Waals surface area contributed by atoms with E-state index >= 15 is 0 Å². The lowest BCUT2D eigenvalue weighted by Crippen LogP contribution is -2.28. The summed E-state index contributed by atoms with van der Waals surface area (Å²) in [6.45, 7) is 0.376. The number of carboxylic acids is 1. The van der Waals surface area contributed by atoms with Gasteiger partial charge in [0.1, 0.15) is 5.75 Å². The Morgan fingerprint density at radius 3 is 2.57 bits per heavy atom. The topological polar surface area (TPSA) is 84.7 Å². The molecule has 23 heavy (non-hydrogen) atoms. The van der Waals surface area contributed by atoms with E-state index < -0.39 is 5.97 Å². The van der Waals surface area contributed by atoms with E-state index in [4.69, 9.17) is 9.84 Å². The molecule has 0 atom stereocenters. The fourth-order valence-electron chi connectivity index (χ4n) is 2.08.